The van der Waals surface area contributed by atoms with Gasteiger partial charge in [0.2, 0.25) is 0 Å². The molecule has 0 aliphatic heterocycles. The Morgan fingerprint density at radius 3 is 0.649 bits per heavy atom. The summed E-state index contributed by atoms with van der Waals surface area (Å²) in [5.74, 6) is 2.32. The summed E-state index contributed by atoms with van der Waals surface area (Å²) >= 11 is 0. The van der Waals surface area contributed by atoms with Crippen LogP contribution < -0.4 is 0 Å². The summed E-state index contributed by atoms with van der Waals surface area (Å²) in [6.45, 7) is 49.1. The van der Waals surface area contributed by atoms with Crippen LogP contribution in [0.4, 0.5) is 0 Å². The molecule has 0 fully saturated rings. The van der Waals surface area contributed by atoms with E-state index in [2.05, 4.69) is 135 Å². The van der Waals surface area contributed by atoms with Gasteiger partial charge >= 0.3 is 0 Å². The van der Waals surface area contributed by atoms with E-state index in [1.54, 1.807) is 14.2 Å². The molecular weight excluding hydrogens is 953 g/mol. The van der Waals surface area contributed by atoms with E-state index in [1.807, 2.05) is 167 Å². The van der Waals surface area contributed by atoms with Crippen molar-refractivity contribution in [3.63, 3.8) is 0 Å². The van der Waals surface area contributed by atoms with Gasteiger partial charge in [-0.15, -0.1) is 0 Å². The number of benzene rings is 4. The Kier molecular flexibility index (Phi) is 50.8. The summed E-state index contributed by atoms with van der Waals surface area (Å²) in [7, 11) is 4.78. The minimum absolute atomic E-state index is 0.711. The molecular formula is C67H116O4Si3. The van der Waals surface area contributed by atoms with Crippen LogP contribution in [0.15, 0.2) is 148 Å². The zero-order valence-corrected chi connectivity index (χ0v) is 54.6. The Hall–Kier alpha value is -3.67. The second kappa shape index (κ2) is 48.9. The van der Waals surface area contributed by atoms with Crippen LogP contribution in [-0.4, -0.2) is 60.5 Å². The zero-order chi connectivity index (χ0) is 57.4. The van der Waals surface area contributed by atoms with Gasteiger partial charge in [-0.05, 0) is 92.9 Å². The van der Waals surface area contributed by atoms with E-state index in [0.717, 1.165) is 17.8 Å². The average Bonchev–Trinajstić information content (AvgIpc) is 3.38. The molecule has 0 N–H and O–H groups in total. The molecule has 0 atom stereocenters. The number of hydrogen-bond acceptors (Lipinski definition) is 4. The van der Waals surface area contributed by atoms with Gasteiger partial charge in [-0.2, -0.15) is 0 Å². The van der Waals surface area contributed by atoms with Gasteiger partial charge in [0.1, 0.15) is 0 Å². The molecule has 0 saturated heterocycles. The third kappa shape index (κ3) is 38.0. The first-order chi connectivity index (χ1) is 35.1. The van der Waals surface area contributed by atoms with Gasteiger partial charge in [-0.1, -0.05) is 295 Å². The van der Waals surface area contributed by atoms with E-state index in [0.29, 0.717) is 16.6 Å². The van der Waals surface area contributed by atoms with Crippen LogP contribution >= 0.6 is 0 Å². The summed E-state index contributed by atoms with van der Waals surface area (Å²) in [6.07, 6.45) is 11.2. The Morgan fingerprint density at radius 1 is 0.351 bits per heavy atom. The molecule has 0 aliphatic rings. The van der Waals surface area contributed by atoms with E-state index in [1.165, 1.54) is 77.8 Å². The van der Waals surface area contributed by atoms with Gasteiger partial charge in [0.15, 0.2) is 25.0 Å². The first kappa shape index (κ1) is 76.8. The first-order valence-electron chi connectivity index (χ1n) is 27.8. The molecule has 0 saturated carbocycles. The quantitative estimate of drug-likeness (QED) is 0.0735. The molecule has 0 heterocycles. The molecule has 0 spiro atoms. The van der Waals surface area contributed by atoms with Crippen molar-refractivity contribution in [2.75, 3.05) is 35.5 Å². The standard InChI is InChI=1S/C13H30OSi.2C10H24OSi.4C8H8.C2H6O/c1-11(2)8-15(14-7,9-12(3)4)10-13(5)6;1-8(2)12(11-7,9(3)4)10(5)6;1-5-8-12(11-4,9-6-2)10-7-3;4*1-2-8-6-4-3-5-7-8;1-3-2/h11-13H,8-10H2,1-7H3;8-10H,1-7H3;5-10H2,1-4H3;4*2-7H,1H2;1-2H3. The maximum atomic E-state index is 6.01. The van der Waals surface area contributed by atoms with Crippen molar-refractivity contribution in [1.29, 1.82) is 0 Å². The predicted octanol–water partition coefficient (Wildman–Crippen LogP) is 21.7. The highest BCUT2D eigenvalue weighted by Crippen LogP contribution is 2.41. The average molecular weight is 1070 g/mol. The van der Waals surface area contributed by atoms with E-state index in [4.69, 9.17) is 13.3 Å². The molecule has 0 bridgehead atoms. The number of ether oxygens (including phenoxy) is 1. The normalized spacial score (nSPS) is 10.7. The zero-order valence-electron chi connectivity index (χ0n) is 51.6. The number of hydrogen-bond donors (Lipinski definition) is 0. The Labute approximate surface area is 464 Å². The van der Waals surface area contributed by atoms with Crippen LogP contribution in [0.2, 0.25) is 52.9 Å². The minimum atomic E-state index is -1.50. The maximum Gasteiger partial charge on any atom is 0.199 e. The molecule has 0 aromatic heterocycles. The van der Waals surface area contributed by atoms with Crippen molar-refractivity contribution in [2.24, 2.45) is 17.8 Å². The predicted molar refractivity (Wildman–Crippen MR) is 347 cm³/mol. The fraction of sp³-hybridized carbons (Fsp3) is 0.522. The third-order valence-corrected chi connectivity index (χ3v) is 29.3. The topological polar surface area (TPSA) is 36.9 Å². The van der Waals surface area contributed by atoms with Crippen molar-refractivity contribution < 1.29 is 18.0 Å². The summed E-state index contributed by atoms with van der Waals surface area (Å²) < 4.78 is 21.9. The molecule has 420 valence electrons. The van der Waals surface area contributed by atoms with Crippen molar-refractivity contribution in [3.05, 3.63) is 170 Å². The molecule has 4 nitrogen and oxygen atoms in total. The number of rotatable bonds is 22. The molecule has 4 aromatic carbocycles. The van der Waals surface area contributed by atoms with E-state index in [-0.39, 0.29) is 0 Å². The summed E-state index contributed by atoms with van der Waals surface area (Å²) in [5.41, 5.74) is 6.83. The highest BCUT2D eigenvalue weighted by Gasteiger charge is 2.44. The van der Waals surface area contributed by atoms with E-state index in [9.17, 15) is 0 Å². The van der Waals surface area contributed by atoms with Gasteiger partial charge < -0.3 is 18.0 Å². The SMILES string of the molecule is C=Cc1ccccc1.C=Cc1ccccc1.C=Cc1ccccc1.C=Cc1ccccc1.CCC[Si](CCC)(CCC)OC.COC.CO[Si](C(C)C)(C(C)C)C(C)C.CO[Si](CC(C)C)(CC(C)C)CC(C)C. The van der Waals surface area contributed by atoms with E-state index >= 15 is 0 Å². The van der Waals surface area contributed by atoms with Crippen molar-refractivity contribution in [1.82, 2.24) is 0 Å². The second-order valence-corrected chi connectivity index (χ2v) is 35.1. The van der Waals surface area contributed by atoms with Crippen LogP contribution in [0.1, 0.15) is 145 Å². The van der Waals surface area contributed by atoms with Crippen LogP contribution in [0.5, 0.6) is 0 Å². The van der Waals surface area contributed by atoms with E-state index < -0.39 is 25.0 Å². The van der Waals surface area contributed by atoms with Crippen LogP contribution in [0.3, 0.4) is 0 Å². The van der Waals surface area contributed by atoms with Crippen LogP contribution in [0, 0.1) is 17.8 Å². The van der Waals surface area contributed by atoms with Crippen molar-refractivity contribution in [3.8, 4) is 0 Å². The first-order valence-corrected chi connectivity index (χ1v) is 35.0. The number of methoxy groups -OCH3 is 1. The Bertz CT molecular complexity index is 1590. The van der Waals surface area contributed by atoms with Gasteiger partial charge in [0.05, 0.1) is 0 Å². The van der Waals surface area contributed by atoms with Gasteiger partial charge in [0.25, 0.3) is 0 Å². The maximum absolute atomic E-state index is 6.01. The summed E-state index contributed by atoms with van der Waals surface area (Å²) in [6, 6.07) is 48.1. The van der Waals surface area contributed by atoms with Crippen LogP contribution in [0.25, 0.3) is 24.3 Å². The molecule has 0 amide bonds. The van der Waals surface area contributed by atoms with Gasteiger partial charge in [-0.25, -0.2) is 0 Å². The Morgan fingerprint density at radius 2 is 0.554 bits per heavy atom. The largest absolute Gasteiger partial charge is 0.420 e. The van der Waals surface area contributed by atoms with Gasteiger partial charge in [0, 0.05) is 35.5 Å². The lowest BCUT2D eigenvalue weighted by molar-refractivity contribution is 0.277. The lowest BCUT2D eigenvalue weighted by Gasteiger charge is -2.40. The molecule has 0 radical (unpaired) electrons. The van der Waals surface area contributed by atoms with Crippen molar-refractivity contribution in [2.45, 2.75) is 176 Å². The van der Waals surface area contributed by atoms with Crippen LogP contribution in [-0.2, 0) is 18.0 Å². The monoisotopic (exact) mass is 1070 g/mol. The highest BCUT2D eigenvalue weighted by atomic mass is 28.4. The molecule has 74 heavy (non-hydrogen) atoms. The fourth-order valence-corrected chi connectivity index (χ4v) is 24.8. The molecule has 4 aromatic rings. The molecule has 7 heteroatoms. The second-order valence-electron chi connectivity index (χ2n) is 21.2. The molecule has 0 aliphatic carbocycles. The highest BCUT2D eigenvalue weighted by molar-refractivity contribution is 6.77. The van der Waals surface area contributed by atoms with Gasteiger partial charge in [-0.3, -0.25) is 0 Å². The third-order valence-electron chi connectivity index (χ3n) is 12.5. The molecule has 4 rings (SSSR count). The lowest BCUT2D eigenvalue weighted by atomic mass is 10.2. The smallest absolute Gasteiger partial charge is 0.199 e. The minimum Gasteiger partial charge on any atom is -0.420 e. The lowest BCUT2D eigenvalue weighted by Crippen LogP contribution is -2.46. The summed E-state index contributed by atoms with van der Waals surface area (Å²) in [4.78, 5) is 0. The van der Waals surface area contributed by atoms with Crippen molar-refractivity contribution >= 4 is 49.3 Å². The Balaban J connectivity index is -0.000000387. The fourth-order valence-electron chi connectivity index (χ4n) is 9.84. The summed E-state index contributed by atoms with van der Waals surface area (Å²) in [5, 5.41) is 0. The molecule has 0 unspecified atom stereocenters.